The Hall–Kier alpha value is -0.530. The van der Waals surface area contributed by atoms with Crippen LogP contribution in [0.15, 0.2) is 11.5 Å². The first-order chi connectivity index (χ1) is 14.0. The first kappa shape index (κ1) is 28.5. The molecule has 1 aliphatic heterocycles. The van der Waals surface area contributed by atoms with Crippen LogP contribution in [-0.2, 0) is 4.74 Å². The smallest absolute Gasteiger partial charge is 0.133 e. The average Bonchev–Trinajstić information content (AvgIpc) is 2.72. The van der Waals surface area contributed by atoms with Gasteiger partial charge in [0.1, 0.15) is 11.5 Å². The Balaban J connectivity index is 0.00000240. The predicted octanol–water partition coefficient (Wildman–Crippen LogP) is 3.68. The molecule has 0 aromatic heterocycles. The zero-order chi connectivity index (χ0) is 20.8. The minimum absolute atomic E-state index is 0. The van der Waals surface area contributed by atoms with Gasteiger partial charge in [-0.3, -0.25) is 0 Å². The van der Waals surface area contributed by atoms with E-state index in [0.717, 1.165) is 49.9 Å². The Kier molecular flexibility index (Phi) is 12.8. The van der Waals surface area contributed by atoms with E-state index in [-0.39, 0.29) is 11.0 Å². The molecule has 1 unspecified atom stereocenters. The first-order valence-electron chi connectivity index (χ1n) is 12.0. The average molecular weight is 463 g/mol. The molecule has 0 bridgehead atoms. The number of alkyl halides is 1. The van der Waals surface area contributed by atoms with Crippen molar-refractivity contribution in [3.63, 3.8) is 0 Å². The highest BCUT2D eigenvalue weighted by atomic mass is 35.5. The van der Waals surface area contributed by atoms with Crippen LogP contribution in [0.25, 0.3) is 0 Å². The molecule has 1 saturated heterocycles. The van der Waals surface area contributed by atoms with Crippen molar-refractivity contribution in [1.29, 1.82) is 0 Å². The molecule has 31 heavy (non-hydrogen) atoms. The van der Waals surface area contributed by atoms with Crippen LogP contribution in [0.4, 0.5) is 0 Å². The lowest BCUT2D eigenvalue weighted by Crippen LogP contribution is -2.48. The van der Waals surface area contributed by atoms with Crippen molar-refractivity contribution in [2.24, 2.45) is 23.7 Å². The number of aliphatic hydroxyl groups is 1. The van der Waals surface area contributed by atoms with Crippen LogP contribution >= 0.6 is 11.6 Å². The molecule has 184 valence electrons. The van der Waals surface area contributed by atoms with Gasteiger partial charge in [-0.1, -0.05) is 13.8 Å². The normalized spacial score (nSPS) is 29.3. The number of ether oxygens (including phenoxy) is 1. The van der Waals surface area contributed by atoms with Crippen molar-refractivity contribution in [2.75, 3.05) is 33.3 Å². The molecule has 3 rings (SSSR count). The Morgan fingerprint density at radius 2 is 1.65 bits per heavy atom. The van der Waals surface area contributed by atoms with Crippen LogP contribution in [0.2, 0.25) is 0 Å². The zero-order valence-corrected chi connectivity index (χ0v) is 20.6. The lowest BCUT2D eigenvalue weighted by Gasteiger charge is -2.40. The van der Waals surface area contributed by atoms with Crippen molar-refractivity contribution >= 4 is 11.6 Å². The van der Waals surface area contributed by atoms with Crippen molar-refractivity contribution < 1.29 is 20.8 Å². The zero-order valence-electron chi connectivity index (χ0n) is 19.8. The van der Waals surface area contributed by atoms with Gasteiger partial charge in [-0.25, -0.2) is 0 Å². The summed E-state index contributed by atoms with van der Waals surface area (Å²) in [4.78, 5) is 2.68. The summed E-state index contributed by atoms with van der Waals surface area (Å²) in [6.07, 6.45) is 10.6. The largest absolute Gasteiger partial charge is 0.509 e. The van der Waals surface area contributed by atoms with Crippen molar-refractivity contribution in [2.45, 2.75) is 83.1 Å². The van der Waals surface area contributed by atoms with E-state index >= 15 is 0 Å². The van der Waals surface area contributed by atoms with Crippen LogP contribution in [-0.4, -0.2) is 65.7 Å². The van der Waals surface area contributed by atoms with Gasteiger partial charge in [0.15, 0.2) is 0 Å². The minimum atomic E-state index is 0. The van der Waals surface area contributed by atoms with Gasteiger partial charge in [-0.05, 0) is 88.3 Å². The van der Waals surface area contributed by atoms with Gasteiger partial charge in [0.05, 0.1) is 7.11 Å². The fraction of sp³-hybridized carbons (Fsp3) is 0.917. The molecule has 0 radical (unpaired) electrons. The number of rotatable bonds is 8. The van der Waals surface area contributed by atoms with Crippen LogP contribution in [0.1, 0.15) is 71.6 Å². The summed E-state index contributed by atoms with van der Waals surface area (Å²) in [5.41, 5.74) is 0. The molecule has 0 aromatic rings. The molecule has 3 aliphatic rings. The number of piperidine rings is 1. The van der Waals surface area contributed by atoms with Crippen molar-refractivity contribution in [3.05, 3.63) is 11.5 Å². The minimum Gasteiger partial charge on any atom is -0.509 e. The highest BCUT2D eigenvalue weighted by molar-refractivity contribution is 6.20. The van der Waals surface area contributed by atoms with Gasteiger partial charge in [-0.2, -0.15) is 0 Å². The maximum absolute atomic E-state index is 10.1. The predicted molar refractivity (Wildman–Crippen MR) is 129 cm³/mol. The lowest BCUT2D eigenvalue weighted by molar-refractivity contribution is 0.112. The SMILES string of the molecule is COC1=C(O)CC(CN[C@@H](CN2CCC(C3CCC(Cl)CC3)CC2)C(C)C)CC1.O.O. The van der Waals surface area contributed by atoms with Crippen LogP contribution in [0.3, 0.4) is 0 Å². The molecular weight excluding hydrogens is 416 g/mol. The number of aliphatic hydroxyl groups excluding tert-OH is 1. The second-order valence-electron chi connectivity index (χ2n) is 10.1. The van der Waals surface area contributed by atoms with Crippen molar-refractivity contribution in [3.8, 4) is 0 Å². The standard InChI is InChI=1S/C24H43ClN2O2.2H2O/c1-17(2)22(26-15-18-4-9-24(29-3)23(28)14-18)16-27-12-10-20(11-13-27)19-5-7-21(25)8-6-19;;/h17-22,26,28H,4-16H2,1-3H3;2*1H2/t18?,19?,21?,22-;;/m0../s1. The number of allylic oxidation sites excluding steroid dienone is 2. The van der Waals surface area contributed by atoms with Gasteiger partial charge >= 0.3 is 0 Å². The third kappa shape index (κ3) is 8.39. The number of hydrogen-bond acceptors (Lipinski definition) is 4. The molecule has 2 atom stereocenters. The second kappa shape index (κ2) is 13.9. The number of halogens is 1. The van der Waals surface area contributed by atoms with Gasteiger partial charge in [0.2, 0.25) is 0 Å². The van der Waals surface area contributed by atoms with E-state index in [1.165, 1.54) is 51.6 Å². The maximum atomic E-state index is 10.1. The third-order valence-electron chi connectivity index (χ3n) is 7.76. The maximum Gasteiger partial charge on any atom is 0.133 e. The molecule has 0 spiro atoms. The second-order valence-corrected chi connectivity index (χ2v) is 10.7. The summed E-state index contributed by atoms with van der Waals surface area (Å²) in [6.45, 7) is 9.30. The highest BCUT2D eigenvalue weighted by Crippen LogP contribution is 2.37. The number of hydrogen-bond donors (Lipinski definition) is 2. The Labute approximate surface area is 194 Å². The number of likely N-dealkylation sites (tertiary alicyclic amines) is 1. The molecule has 6 N–H and O–H groups in total. The lowest BCUT2D eigenvalue weighted by atomic mass is 9.75. The Bertz CT molecular complexity index is 530. The summed E-state index contributed by atoms with van der Waals surface area (Å²) in [6, 6.07) is 0.521. The van der Waals surface area contributed by atoms with E-state index in [4.69, 9.17) is 16.3 Å². The molecular formula is C24H47ClN2O4. The number of nitrogens with one attached hydrogen (secondary N) is 1. The quantitative estimate of drug-likeness (QED) is 0.536. The van der Waals surface area contributed by atoms with Gasteiger partial charge in [0.25, 0.3) is 0 Å². The molecule has 0 amide bonds. The molecule has 2 aliphatic carbocycles. The Morgan fingerprint density at radius 1 is 1.03 bits per heavy atom. The highest BCUT2D eigenvalue weighted by Gasteiger charge is 2.31. The summed E-state index contributed by atoms with van der Waals surface area (Å²) in [5, 5.41) is 14.4. The van der Waals surface area contributed by atoms with E-state index in [1.807, 2.05) is 0 Å². The third-order valence-corrected chi connectivity index (χ3v) is 8.20. The molecule has 6 nitrogen and oxygen atoms in total. The fourth-order valence-electron chi connectivity index (χ4n) is 5.63. The van der Waals surface area contributed by atoms with Crippen molar-refractivity contribution in [1.82, 2.24) is 10.2 Å². The Morgan fingerprint density at radius 3 is 2.19 bits per heavy atom. The summed E-state index contributed by atoms with van der Waals surface area (Å²) < 4.78 is 5.27. The first-order valence-corrected chi connectivity index (χ1v) is 12.4. The monoisotopic (exact) mass is 462 g/mol. The summed E-state index contributed by atoms with van der Waals surface area (Å²) in [5.74, 6) is 4.22. The number of methoxy groups -OCH3 is 1. The summed E-state index contributed by atoms with van der Waals surface area (Å²) in [7, 11) is 1.66. The molecule has 1 heterocycles. The summed E-state index contributed by atoms with van der Waals surface area (Å²) >= 11 is 6.30. The van der Waals surface area contributed by atoms with E-state index < -0.39 is 0 Å². The van der Waals surface area contributed by atoms with Gasteiger partial charge in [0, 0.05) is 30.8 Å². The van der Waals surface area contributed by atoms with Gasteiger partial charge < -0.3 is 31.0 Å². The molecule has 2 fully saturated rings. The van der Waals surface area contributed by atoms with Crippen LogP contribution in [0, 0.1) is 23.7 Å². The number of nitrogens with zero attached hydrogens (tertiary/aromatic N) is 1. The van der Waals surface area contributed by atoms with E-state index in [2.05, 4.69) is 24.1 Å². The van der Waals surface area contributed by atoms with E-state index in [0.29, 0.717) is 29.0 Å². The fourth-order valence-corrected chi connectivity index (χ4v) is 5.88. The van der Waals surface area contributed by atoms with E-state index in [9.17, 15) is 5.11 Å². The van der Waals surface area contributed by atoms with Crippen LogP contribution < -0.4 is 5.32 Å². The molecule has 7 heteroatoms. The topological polar surface area (TPSA) is 108 Å². The van der Waals surface area contributed by atoms with Crippen LogP contribution in [0.5, 0.6) is 0 Å². The molecule has 1 saturated carbocycles. The molecule has 0 aromatic carbocycles. The van der Waals surface area contributed by atoms with Gasteiger partial charge in [-0.15, -0.1) is 11.6 Å². The van der Waals surface area contributed by atoms with E-state index in [1.54, 1.807) is 7.11 Å².